The Morgan fingerprint density at radius 1 is 0.943 bits per heavy atom. The first-order chi connectivity index (χ1) is 16.9. The van der Waals surface area contributed by atoms with Crippen molar-refractivity contribution in [1.29, 1.82) is 0 Å². The summed E-state index contributed by atoms with van der Waals surface area (Å²) in [5.74, 6) is 1.12. The minimum Gasteiger partial charge on any atom is -0.476 e. The minimum absolute atomic E-state index is 0.0212. The summed E-state index contributed by atoms with van der Waals surface area (Å²) in [4.78, 5) is 32.3. The van der Waals surface area contributed by atoms with Crippen LogP contribution in [-0.2, 0) is 0 Å². The molecule has 2 saturated heterocycles. The molecule has 0 radical (unpaired) electrons. The van der Waals surface area contributed by atoms with Gasteiger partial charge < -0.3 is 9.67 Å². The van der Waals surface area contributed by atoms with Gasteiger partial charge in [-0.2, -0.15) is 0 Å². The molecule has 2 aliphatic heterocycles. The first-order valence-corrected chi connectivity index (χ1v) is 13.9. The predicted molar refractivity (Wildman–Crippen MR) is 139 cm³/mol. The van der Waals surface area contributed by atoms with Crippen molar-refractivity contribution in [3.8, 4) is 0 Å². The van der Waals surface area contributed by atoms with E-state index in [1.54, 1.807) is 4.57 Å². The second-order valence-electron chi connectivity index (χ2n) is 11.8. The fraction of sp³-hybridized carbons (Fsp3) is 0.690. The van der Waals surface area contributed by atoms with Crippen LogP contribution in [0, 0.1) is 17.8 Å². The zero-order valence-corrected chi connectivity index (χ0v) is 21.5. The molecule has 0 spiro atoms. The molecule has 6 heteroatoms. The molecule has 1 aliphatic carbocycles. The summed E-state index contributed by atoms with van der Waals surface area (Å²) in [6.07, 6.45) is 12.0. The fourth-order valence-electron chi connectivity index (χ4n) is 7.88. The van der Waals surface area contributed by atoms with Crippen LogP contribution in [0.4, 0.5) is 0 Å². The number of fused-ring (bicyclic) bond motifs is 3. The molecule has 2 aromatic rings. The van der Waals surface area contributed by atoms with E-state index in [1.165, 1.54) is 51.4 Å². The normalized spacial score (nSPS) is 34.3. The molecule has 3 heterocycles. The summed E-state index contributed by atoms with van der Waals surface area (Å²) >= 11 is 0. The molecular formula is C29H41N3O3. The topological polar surface area (TPSA) is 75.4 Å². The van der Waals surface area contributed by atoms with Gasteiger partial charge in [0.25, 0.3) is 5.56 Å². The molecule has 7 atom stereocenters. The van der Waals surface area contributed by atoms with Crippen molar-refractivity contribution in [2.45, 2.75) is 109 Å². The highest BCUT2D eigenvalue weighted by Crippen LogP contribution is 2.44. The molecule has 0 amide bonds. The van der Waals surface area contributed by atoms with Crippen molar-refractivity contribution in [3.63, 3.8) is 0 Å². The smallest absolute Gasteiger partial charge is 0.360 e. The van der Waals surface area contributed by atoms with Crippen molar-refractivity contribution in [3.05, 3.63) is 40.3 Å². The van der Waals surface area contributed by atoms with Gasteiger partial charge in [-0.25, -0.2) is 9.78 Å². The molecule has 1 N–H and O–H groups in total. The van der Waals surface area contributed by atoms with Crippen molar-refractivity contribution < 1.29 is 9.90 Å². The van der Waals surface area contributed by atoms with Gasteiger partial charge in [-0.1, -0.05) is 45.7 Å². The summed E-state index contributed by atoms with van der Waals surface area (Å²) in [6.45, 7) is 7.24. The Morgan fingerprint density at radius 2 is 1.57 bits per heavy atom. The maximum absolute atomic E-state index is 13.4. The van der Waals surface area contributed by atoms with E-state index < -0.39 is 11.5 Å². The minimum atomic E-state index is -1.24. The highest BCUT2D eigenvalue weighted by atomic mass is 16.4. The number of aromatic nitrogens is 2. The van der Waals surface area contributed by atoms with Crippen LogP contribution in [0.25, 0.3) is 11.0 Å². The van der Waals surface area contributed by atoms with E-state index in [4.69, 9.17) is 0 Å². The van der Waals surface area contributed by atoms with Crippen molar-refractivity contribution in [1.82, 2.24) is 14.5 Å². The largest absolute Gasteiger partial charge is 0.476 e. The van der Waals surface area contributed by atoms with Gasteiger partial charge in [0.15, 0.2) is 0 Å². The molecule has 1 aromatic carbocycles. The van der Waals surface area contributed by atoms with Crippen LogP contribution in [0.15, 0.2) is 29.1 Å². The molecular weight excluding hydrogens is 438 g/mol. The monoisotopic (exact) mass is 479 g/mol. The van der Waals surface area contributed by atoms with E-state index in [9.17, 15) is 14.7 Å². The number of piperidine rings is 2. The lowest BCUT2D eigenvalue weighted by molar-refractivity contribution is -0.0351. The van der Waals surface area contributed by atoms with Gasteiger partial charge in [0.1, 0.15) is 0 Å². The van der Waals surface area contributed by atoms with Gasteiger partial charge in [0.2, 0.25) is 5.69 Å². The summed E-state index contributed by atoms with van der Waals surface area (Å²) < 4.78 is 1.78. The van der Waals surface area contributed by atoms with Gasteiger partial charge >= 0.3 is 5.97 Å². The molecule has 1 saturated carbocycles. The van der Waals surface area contributed by atoms with E-state index >= 15 is 0 Å². The van der Waals surface area contributed by atoms with Gasteiger partial charge in [-0.3, -0.25) is 9.69 Å². The number of rotatable bonds is 4. The first-order valence-electron chi connectivity index (χ1n) is 13.9. The molecule has 5 rings (SSSR count). The number of hydrogen-bond acceptors (Lipinski definition) is 4. The maximum Gasteiger partial charge on any atom is 0.360 e. The van der Waals surface area contributed by atoms with Crippen LogP contribution in [0.1, 0.15) is 102 Å². The van der Waals surface area contributed by atoms with Crippen LogP contribution in [0.5, 0.6) is 0 Å². The fourth-order valence-corrected chi connectivity index (χ4v) is 7.88. The molecule has 35 heavy (non-hydrogen) atoms. The Hall–Kier alpha value is -2.21. The average Bonchev–Trinajstić information content (AvgIpc) is 2.80. The van der Waals surface area contributed by atoms with Gasteiger partial charge in [0, 0.05) is 24.2 Å². The van der Waals surface area contributed by atoms with Crippen molar-refractivity contribution in [2.75, 3.05) is 0 Å². The van der Waals surface area contributed by atoms with Gasteiger partial charge in [0.05, 0.1) is 11.0 Å². The van der Waals surface area contributed by atoms with Crippen LogP contribution in [-0.4, -0.2) is 43.7 Å². The third kappa shape index (κ3) is 4.78. The third-order valence-corrected chi connectivity index (χ3v) is 9.19. The molecule has 3 aliphatic rings. The second-order valence-corrected chi connectivity index (χ2v) is 11.8. The Balaban J connectivity index is 1.46. The number of para-hydroxylation sites is 2. The van der Waals surface area contributed by atoms with Crippen LogP contribution < -0.4 is 5.56 Å². The number of carbonyl (C=O) groups is 1. The summed E-state index contributed by atoms with van der Waals surface area (Å²) in [6, 6.07) is 9.07. The molecule has 3 unspecified atom stereocenters. The second kappa shape index (κ2) is 10.0. The lowest BCUT2D eigenvalue weighted by atomic mass is 9.74. The zero-order chi connectivity index (χ0) is 24.7. The maximum atomic E-state index is 13.4. The lowest BCUT2D eigenvalue weighted by Crippen LogP contribution is -2.58. The number of benzene rings is 1. The highest BCUT2D eigenvalue weighted by Gasteiger charge is 2.43. The molecule has 3 fully saturated rings. The lowest BCUT2D eigenvalue weighted by Gasteiger charge is -2.54. The van der Waals surface area contributed by atoms with Gasteiger partial charge in [-0.05, 0) is 81.3 Å². The van der Waals surface area contributed by atoms with E-state index in [0.29, 0.717) is 23.6 Å². The SMILES string of the molecule is CCC1C[C@@H](C)CC(N2[C@@H]3CCC[C@H]2CC(n2c(=O)c(C(=O)O)nc4ccccc42)C3)C[C@@H](C)C1. The van der Waals surface area contributed by atoms with E-state index in [-0.39, 0.29) is 11.7 Å². The van der Waals surface area contributed by atoms with Crippen molar-refractivity contribution in [2.24, 2.45) is 17.8 Å². The van der Waals surface area contributed by atoms with Crippen LogP contribution in [0.2, 0.25) is 0 Å². The van der Waals surface area contributed by atoms with E-state index in [1.807, 2.05) is 24.3 Å². The number of carboxylic acid groups (broad SMARTS) is 1. The Labute approximate surface area is 208 Å². The van der Waals surface area contributed by atoms with E-state index in [2.05, 4.69) is 30.7 Å². The van der Waals surface area contributed by atoms with E-state index in [0.717, 1.165) is 36.1 Å². The number of carboxylic acids is 1. The predicted octanol–water partition coefficient (Wildman–Crippen LogP) is 5.89. The molecule has 1 aromatic heterocycles. The Morgan fingerprint density at radius 3 is 2.17 bits per heavy atom. The van der Waals surface area contributed by atoms with Crippen molar-refractivity contribution >= 4 is 17.0 Å². The van der Waals surface area contributed by atoms with Crippen LogP contribution >= 0.6 is 0 Å². The standard InChI is InChI=1S/C29H41N3O3/c1-4-20-12-18(2)14-23(15-19(3)13-20)31-21-8-7-9-22(31)17-24(16-21)32-26-11-6-5-10-25(26)30-27(28(32)33)29(34)35/h5-6,10-11,18-24H,4,7-9,12-17H2,1-3H3,(H,34,35)/t18-,19+,20?,21-,22+,23?,24?. The highest BCUT2D eigenvalue weighted by molar-refractivity contribution is 5.88. The number of nitrogens with zero attached hydrogens (tertiary/aromatic N) is 3. The summed E-state index contributed by atoms with van der Waals surface area (Å²) in [5, 5.41) is 9.67. The first kappa shape index (κ1) is 24.5. The zero-order valence-electron chi connectivity index (χ0n) is 21.5. The Kier molecular flexibility index (Phi) is 7.02. The molecule has 6 nitrogen and oxygen atoms in total. The van der Waals surface area contributed by atoms with Gasteiger partial charge in [-0.15, -0.1) is 0 Å². The Bertz CT molecular complexity index is 1100. The number of hydrogen-bond donors (Lipinski definition) is 1. The van der Waals surface area contributed by atoms with Crippen LogP contribution in [0.3, 0.4) is 0 Å². The summed E-state index contributed by atoms with van der Waals surface area (Å²) in [7, 11) is 0. The quantitative estimate of drug-likeness (QED) is 0.591. The summed E-state index contributed by atoms with van der Waals surface area (Å²) in [5.41, 5.74) is 0.541. The average molecular weight is 480 g/mol. The number of aromatic carboxylic acids is 1. The molecule has 2 bridgehead atoms. The molecule has 190 valence electrons. The third-order valence-electron chi connectivity index (χ3n) is 9.19.